The summed E-state index contributed by atoms with van der Waals surface area (Å²) in [6.07, 6.45) is 2.67. The van der Waals surface area contributed by atoms with Gasteiger partial charge in [0, 0.05) is 21.1 Å². The lowest BCUT2D eigenvalue weighted by molar-refractivity contribution is -0.144. The predicted molar refractivity (Wildman–Crippen MR) is 119 cm³/mol. The number of carbonyl (C=O) groups excluding carboxylic acids is 3. The van der Waals surface area contributed by atoms with E-state index in [1.165, 1.54) is 21.2 Å². The van der Waals surface area contributed by atoms with Crippen molar-refractivity contribution in [3.05, 3.63) is 29.8 Å². The topological polar surface area (TPSA) is 110 Å². The van der Waals surface area contributed by atoms with Crippen molar-refractivity contribution in [2.24, 2.45) is 5.92 Å². The Morgan fingerprint density at radius 1 is 1.19 bits per heavy atom. The molecule has 5 atom stereocenters. The zero-order valence-electron chi connectivity index (χ0n) is 19.0. The maximum atomic E-state index is 12.9. The smallest absolute Gasteiger partial charge is 0.245 e. The molecule has 0 spiro atoms. The van der Waals surface area contributed by atoms with Crippen LogP contribution in [0.4, 0.5) is 0 Å². The molecule has 1 aliphatic carbocycles. The van der Waals surface area contributed by atoms with Gasteiger partial charge in [-0.1, -0.05) is 30.5 Å². The molecule has 2 aliphatic rings. The third-order valence-corrected chi connectivity index (χ3v) is 7.82. The minimum atomic E-state index is -1.68. The summed E-state index contributed by atoms with van der Waals surface area (Å²) in [6, 6.07) is 5.48. The van der Waals surface area contributed by atoms with Crippen molar-refractivity contribution in [3.63, 3.8) is 0 Å². The van der Waals surface area contributed by atoms with E-state index in [4.69, 9.17) is 0 Å². The number of carbonyl (C=O) groups is 3. The second-order valence-electron chi connectivity index (χ2n) is 8.58. The standard InChI is InChI=1S/C22H32N4O5S/c1-14-9-11-16(12-10-14)32(31)26-19(22(26)30)21(29)24(3)13-17(27)25(4)18(20(28)23-2)15-7-5-6-8-15/h9-12,15,18-19,22,30H,5-8,13H2,1-4H3,(H,23,28)/t18-,19-,22+,26?,32?/m0/s1. The summed E-state index contributed by atoms with van der Waals surface area (Å²) in [4.78, 5) is 41.3. The normalized spacial score (nSPS) is 24.5. The quantitative estimate of drug-likeness (QED) is 0.536. The average molecular weight is 465 g/mol. The summed E-state index contributed by atoms with van der Waals surface area (Å²) in [5, 5.41) is 12.8. The highest BCUT2D eigenvalue weighted by atomic mass is 32.2. The van der Waals surface area contributed by atoms with Crippen LogP contribution in [0.25, 0.3) is 0 Å². The molecule has 3 rings (SSSR count). The molecule has 176 valence electrons. The van der Waals surface area contributed by atoms with Crippen molar-refractivity contribution in [3.8, 4) is 0 Å². The summed E-state index contributed by atoms with van der Waals surface area (Å²) < 4.78 is 13.9. The van der Waals surface area contributed by atoms with E-state index in [0.29, 0.717) is 4.90 Å². The van der Waals surface area contributed by atoms with Gasteiger partial charge in [0.25, 0.3) is 0 Å². The average Bonchev–Trinajstić information content (AvgIpc) is 3.16. The number of nitrogens with one attached hydrogen (secondary N) is 1. The van der Waals surface area contributed by atoms with Crippen molar-refractivity contribution < 1.29 is 23.7 Å². The van der Waals surface area contributed by atoms with E-state index in [-0.39, 0.29) is 24.3 Å². The van der Waals surface area contributed by atoms with Crippen LogP contribution in [0.1, 0.15) is 31.2 Å². The number of nitrogens with zero attached hydrogens (tertiary/aromatic N) is 3. The number of rotatable bonds is 8. The van der Waals surface area contributed by atoms with E-state index in [0.717, 1.165) is 31.2 Å². The molecule has 32 heavy (non-hydrogen) atoms. The van der Waals surface area contributed by atoms with Crippen LogP contribution in [-0.4, -0.2) is 87.1 Å². The monoisotopic (exact) mass is 464 g/mol. The Hall–Kier alpha value is -2.30. The molecule has 2 fully saturated rings. The van der Waals surface area contributed by atoms with Crippen LogP contribution in [0.2, 0.25) is 0 Å². The zero-order valence-corrected chi connectivity index (χ0v) is 19.8. The van der Waals surface area contributed by atoms with Crippen LogP contribution < -0.4 is 5.32 Å². The first-order valence-corrected chi connectivity index (χ1v) is 11.9. The number of likely N-dealkylation sites (N-methyl/N-ethyl adjacent to an activating group) is 3. The molecule has 0 aromatic heterocycles. The van der Waals surface area contributed by atoms with Gasteiger partial charge in [-0.3, -0.25) is 14.4 Å². The van der Waals surface area contributed by atoms with Crippen LogP contribution in [0, 0.1) is 12.8 Å². The highest BCUT2D eigenvalue weighted by Gasteiger charge is 2.57. The third kappa shape index (κ3) is 5.02. The van der Waals surface area contributed by atoms with Crippen molar-refractivity contribution in [1.29, 1.82) is 0 Å². The SMILES string of the molecule is CNC(=O)[C@H](C1CCCC1)N(C)C(=O)CN(C)C(=O)[C@H]1[C@@H](O)N1S(=O)c1ccc(C)cc1. The molecule has 2 unspecified atom stereocenters. The van der Waals surface area contributed by atoms with Crippen LogP contribution in [-0.2, 0) is 25.4 Å². The highest BCUT2D eigenvalue weighted by Crippen LogP contribution is 2.33. The second-order valence-corrected chi connectivity index (χ2v) is 9.97. The van der Waals surface area contributed by atoms with Gasteiger partial charge < -0.3 is 20.2 Å². The van der Waals surface area contributed by atoms with Crippen molar-refractivity contribution in [1.82, 2.24) is 19.4 Å². The molecule has 1 aromatic carbocycles. The van der Waals surface area contributed by atoms with Crippen LogP contribution >= 0.6 is 0 Å². The van der Waals surface area contributed by atoms with Crippen molar-refractivity contribution in [2.45, 2.75) is 55.8 Å². The van der Waals surface area contributed by atoms with Gasteiger partial charge in [0.05, 0.1) is 11.4 Å². The Balaban J connectivity index is 1.62. The number of hydrogen-bond acceptors (Lipinski definition) is 5. The summed E-state index contributed by atoms with van der Waals surface area (Å²) in [6.45, 7) is 1.68. The van der Waals surface area contributed by atoms with Crippen LogP contribution in [0.3, 0.4) is 0 Å². The molecule has 1 aliphatic heterocycles. The Labute approximate surface area is 191 Å². The zero-order chi connectivity index (χ0) is 23.6. The predicted octanol–water partition coefficient (Wildman–Crippen LogP) is 0.242. The number of hydrogen-bond donors (Lipinski definition) is 2. The van der Waals surface area contributed by atoms with E-state index in [9.17, 15) is 23.7 Å². The maximum Gasteiger partial charge on any atom is 0.245 e. The van der Waals surface area contributed by atoms with Crippen LogP contribution in [0.5, 0.6) is 0 Å². The van der Waals surface area contributed by atoms with Gasteiger partial charge in [0.15, 0.2) is 0 Å². The van der Waals surface area contributed by atoms with Gasteiger partial charge >= 0.3 is 0 Å². The molecule has 0 bridgehead atoms. The fraction of sp³-hybridized carbons (Fsp3) is 0.591. The van der Waals surface area contributed by atoms with Crippen molar-refractivity contribution >= 4 is 28.7 Å². The lowest BCUT2D eigenvalue weighted by atomic mass is 9.96. The Morgan fingerprint density at radius 3 is 2.34 bits per heavy atom. The first-order chi connectivity index (χ1) is 15.2. The van der Waals surface area contributed by atoms with E-state index in [1.807, 2.05) is 19.1 Å². The first-order valence-electron chi connectivity index (χ1n) is 10.8. The van der Waals surface area contributed by atoms with Gasteiger partial charge in [-0.25, -0.2) is 4.21 Å². The summed E-state index contributed by atoms with van der Waals surface area (Å²) in [5.74, 6) is -0.957. The van der Waals surface area contributed by atoms with Crippen LogP contribution in [0.15, 0.2) is 29.2 Å². The Morgan fingerprint density at radius 2 is 1.78 bits per heavy atom. The number of aliphatic hydroxyl groups excluding tert-OH is 1. The molecule has 1 saturated carbocycles. The minimum Gasteiger partial charge on any atom is -0.375 e. The van der Waals surface area contributed by atoms with Gasteiger partial charge in [-0.2, -0.15) is 4.31 Å². The third-order valence-electron chi connectivity index (χ3n) is 6.32. The molecule has 0 radical (unpaired) electrons. The van der Waals surface area contributed by atoms with Gasteiger partial charge in [0.2, 0.25) is 17.7 Å². The largest absolute Gasteiger partial charge is 0.375 e. The van der Waals surface area contributed by atoms with Gasteiger partial charge in [-0.05, 0) is 37.8 Å². The maximum absolute atomic E-state index is 12.9. The summed E-state index contributed by atoms with van der Waals surface area (Å²) in [7, 11) is 2.93. The lowest BCUT2D eigenvalue weighted by Crippen LogP contribution is -2.53. The molecule has 9 nitrogen and oxygen atoms in total. The number of amides is 3. The molecular weight excluding hydrogens is 432 g/mol. The molecule has 10 heteroatoms. The fourth-order valence-electron chi connectivity index (χ4n) is 4.31. The Kier molecular flexibility index (Phi) is 7.68. The molecule has 1 heterocycles. The van der Waals surface area contributed by atoms with Gasteiger partial charge in [0.1, 0.15) is 29.3 Å². The van der Waals surface area contributed by atoms with Crippen molar-refractivity contribution in [2.75, 3.05) is 27.7 Å². The summed E-state index contributed by atoms with van der Waals surface area (Å²) >= 11 is 0. The fourth-order valence-corrected chi connectivity index (χ4v) is 5.59. The number of aliphatic hydroxyl groups is 1. The molecular formula is C22H32N4O5S. The second kappa shape index (κ2) is 10.1. The van der Waals surface area contributed by atoms with Gasteiger partial charge in [-0.15, -0.1) is 0 Å². The first kappa shape index (κ1) is 24.3. The number of benzene rings is 1. The summed E-state index contributed by atoms with van der Waals surface area (Å²) in [5.41, 5.74) is 1.01. The van der Waals surface area contributed by atoms with E-state index < -0.39 is 35.2 Å². The lowest BCUT2D eigenvalue weighted by Gasteiger charge is -2.32. The highest BCUT2D eigenvalue weighted by molar-refractivity contribution is 7.83. The number of aryl methyl sites for hydroxylation is 1. The molecule has 1 saturated heterocycles. The molecule has 3 amide bonds. The molecule has 2 N–H and O–H groups in total. The van der Waals surface area contributed by atoms with E-state index in [1.54, 1.807) is 26.2 Å². The van der Waals surface area contributed by atoms with E-state index in [2.05, 4.69) is 5.32 Å². The molecule has 1 aromatic rings. The minimum absolute atomic E-state index is 0.0996. The Bertz CT molecular complexity index is 887. The van der Waals surface area contributed by atoms with E-state index >= 15 is 0 Å².